The first kappa shape index (κ1) is 20.7. The predicted molar refractivity (Wildman–Crippen MR) is 110 cm³/mol. The van der Waals surface area contributed by atoms with Crippen LogP contribution in [0.1, 0.15) is 17.9 Å². The van der Waals surface area contributed by atoms with E-state index in [-0.39, 0.29) is 18.1 Å². The summed E-state index contributed by atoms with van der Waals surface area (Å²) in [5.41, 5.74) is 1.10. The second kappa shape index (κ2) is 9.07. The number of rotatable bonds is 6. The molecule has 4 rings (SSSR count). The third kappa shape index (κ3) is 4.79. The van der Waals surface area contributed by atoms with E-state index in [0.717, 1.165) is 5.82 Å². The Kier molecular flexibility index (Phi) is 6.06. The third-order valence-corrected chi connectivity index (χ3v) is 5.22. The molecule has 162 valence electrons. The fraction of sp³-hybridized carbons (Fsp3) is 0.381. The maximum absolute atomic E-state index is 13.8. The highest BCUT2D eigenvalue weighted by Crippen LogP contribution is 2.20. The van der Waals surface area contributed by atoms with Gasteiger partial charge >= 0.3 is 0 Å². The van der Waals surface area contributed by atoms with Crippen LogP contribution in [-0.2, 0) is 11.2 Å². The van der Waals surface area contributed by atoms with Crippen LogP contribution in [0.4, 0.5) is 10.2 Å². The fourth-order valence-electron chi connectivity index (χ4n) is 3.35. The van der Waals surface area contributed by atoms with Gasteiger partial charge in [-0.25, -0.2) is 4.39 Å². The van der Waals surface area contributed by atoms with Crippen molar-refractivity contribution in [2.24, 2.45) is 0 Å². The van der Waals surface area contributed by atoms with Crippen LogP contribution in [0.25, 0.3) is 11.4 Å². The van der Waals surface area contributed by atoms with Crippen LogP contribution < -0.4 is 9.64 Å². The van der Waals surface area contributed by atoms with Gasteiger partial charge in [-0.05, 0) is 18.6 Å². The third-order valence-electron chi connectivity index (χ3n) is 5.22. The molecule has 0 saturated carbocycles. The van der Waals surface area contributed by atoms with Crippen molar-refractivity contribution < 1.29 is 18.4 Å². The maximum Gasteiger partial charge on any atom is 0.233 e. The zero-order valence-electron chi connectivity index (χ0n) is 17.4. The molecule has 3 heterocycles. The molecule has 31 heavy (non-hydrogen) atoms. The summed E-state index contributed by atoms with van der Waals surface area (Å²) in [5.74, 6) is 1.57. The Morgan fingerprint density at radius 2 is 2.00 bits per heavy atom. The number of carbonyl (C=O) groups is 1. The highest BCUT2D eigenvalue weighted by atomic mass is 19.1. The maximum atomic E-state index is 13.8. The Hall–Kier alpha value is -3.56. The number of nitrogens with zero attached hydrogens (tertiary/aromatic N) is 6. The van der Waals surface area contributed by atoms with Crippen molar-refractivity contribution >= 4 is 11.7 Å². The Morgan fingerprint density at radius 3 is 2.74 bits per heavy atom. The Bertz CT molecular complexity index is 1060. The molecule has 1 fully saturated rings. The standard InChI is InChI=1S/C21H23FN6O3/c1-14-3-4-15(11-16(14)22)21-25-18(31-26-21)5-6-20(29)28-9-7-27(8-10-28)17-12-23-13-19(24-17)30-2/h3-4,11-13H,5-10H2,1-2H3. The van der Waals surface area contributed by atoms with E-state index in [4.69, 9.17) is 9.26 Å². The minimum atomic E-state index is -0.321. The van der Waals surface area contributed by atoms with Crippen molar-refractivity contribution in [1.82, 2.24) is 25.0 Å². The van der Waals surface area contributed by atoms with Gasteiger partial charge in [0.25, 0.3) is 0 Å². The highest BCUT2D eigenvalue weighted by Gasteiger charge is 2.23. The number of ether oxygens (including phenoxy) is 1. The number of aryl methyl sites for hydroxylation is 2. The summed E-state index contributed by atoms with van der Waals surface area (Å²) in [6.07, 6.45) is 3.85. The van der Waals surface area contributed by atoms with Crippen LogP contribution in [0.3, 0.4) is 0 Å². The normalized spacial score (nSPS) is 14.0. The van der Waals surface area contributed by atoms with E-state index in [0.29, 0.717) is 61.3 Å². The van der Waals surface area contributed by atoms with Crippen LogP contribution in [0.5, 0.6) is 5.88 Å². The lowest BCUT2D eigenvalue weighted by molar-refractivity contribution is -0.131. The van der Waals surface area contributed by atoms with Crippen molar-refractivity contribution in [3.05, 3.63) is 47.9 Å². The SMILES string of the molecule is COc1cncc(N2CCN(C(=O)CCc3nc(-c4ccc(C)c(F)c4)no3)CC2)n1. The average molecular weight is 426 g/mol. The Morgan fingerprint density at radius 1 is 1.19 bits per heavy atom. The van der Waals surface area contributed by atoms with Gasteiger partial charge in [-0.3, -0.25) is 9.78 Å². The molecule has 0 atom stereocenters. The molecular weight excluding hydrogens is 403 g/mol. The summed E-state index contributed by atoms with van der Waals surface area (Å²) < 4.78 is 24.1. The summed E-state index contributed by atoms with van der Waals surface area (Å²) in [6, 6.07) is 4.78. The lowest BCUT2D eigenvalue weighted by Gasteiger charge is -2.35. The number of piperazine rings is 1. The molecule has 0 radical (unpaired) electrons. The van der Waals surface area contributed by atoms with Gasteiger partial charge in [-0.15, -0.1) is 0 Å². The van der Waals surface area contributed by atoms with Crippen molar-refractivity contribution in [3.63, 3.8) is 0 Å². The fourth-order valence-corrected chi connectivity index (χ4v) is 3.35. The van der Waals surface area contributed by atoms with Crippen LogP contribution in [-0.4, -0.2) is 64.2 Å². The smallest absolute Gasteiger partial charge is 0.233 e. The van der Waals surface area contributed by atoms with Crippen LogP contribution in [0, 0.1) is 12.7 Å². The van der Waals surface area contributed by atoms with Gasteiger partial charge in [-0.2, -0.15) is 9.97 Å². The zero-order chi connectivity index (χ0) is 21.8. The van der Waals surface area contributed by atoms with E-state index in [1.165, 1.54) is 6.07 Å². The lowest BCUT2D eigenvalue weighted by Crippen LogP contribution is -2.49. The van der Waals surface area contributed by atoms with E-state index >= 15 is 0 Å². The predicted octanol–water partition coefficient (Wildman–Crippen LogP) is 2.26. The Balaban J connectivity index is 1.29. The molecule has 3 aromatic rings. The van der Waals surface area contributed by atoms with E-state index in [1.807, 2.05) is 4.90 Å². The molecule has 1 saturated heterocycles. The molecule has 1 aliphatic heterocycles. The number of aromatic nitrogens is 4. The number of hydrogen-bond donors (Lipinski definition) is 0. The summed E-state index contributed by atoms with van der Waals surface area (Å²) in [5, 5.41) is 3.90. The molecule has 2 aromatic heterocycles. The van der Waals surface area contributed by atoms with Crippen molar-refractivity contribution in [2.45, 2.75) is 19.8 Å². The summed E-state index contributed by atoms with van der Waals surface area (Å²) >= 11 is 0. The average Bonchev–Trinajstić information content (AvgIpc) is 3.28. The molecule has 10 heteroatoms. The van der Waals surface area contributed by atoms with Crippen molar-refractivity contribution in [2.75, 3.05) is 38.2 Å². The number of anilines is 1. The van der Waals surface area contributed by atoms with Crippen LogP contribution in [0.2, 0.25) is 0 Å². The van der Waals surface area contributed by atoms with E-state index in [9.17, 15) is 9.18 Å². The van der Waals surface area contributed by atoms with Gasteiger partial charge in [0, 0.05) is 44.6 Å². The molecule has 0 N–H and O–H groups in total. The summed E-state index contributed by atoms with van der Waals surface area (Å²) in [7, 11) is 1.55. The molecule has 1 aliphatic rings. The van der Waals surface area contributed by atoms with Gasteiger partial charge in [0.05, 0.1) is 19.5 Å². The highest BCUT2D eigenvalue weighted by molar-refractivity contribution is 5.76. The number of amides is 1. The topological polar surface area (TPSA) is 97.5 Å². The molecule has 0 spiro atoms. The largest absolute Gasteiger partial charge is 0.480 e. The molecule has 0 aliphatic carbocycles. The van der Waals surface area contributed by atoms with Crippen molar-refractivity contribution in [1.29, 1.82) is 0 Å². The van der Waals surface area contributed by atoms with Gasteiger partial charge in [0.15, 0.2) is 5.82 Å². The first-order valence-corrected chi connectivity index (χ1v) is 10.0. The minimum absolute atomic E-state index is 0.0255. The molecule has 9 nitrogen and oxygen atoms in total. The second-order valence-electron chi connectivity index (χ2n) is 7.26. The number of hydrogen-bond acceptors (Lipinski definition) is 8. The number of methoxy groups -OCH3 is 1. The van der Waals surface area contributed by atoms with E-state index in [2.05, 4.69) is 25.0 Å². The van der Waals surface area contributed by atoms with Crippen molar-refractivity contribution in [3.8, 4) is 17.3 Å². The van der Waals surface area contributed by atoms with Gasteiger partial charge in [0.2, 0.25) is 23.5 Å². The monoisotopic (exact) mass is 426 g/mol. The minimum Gasteiger partial charge on any atom is -0.480 e. The molecular formula is C21H23FN6O3. The molecule has 1 aromatic carbocycles. The lowest BCUT2D eigenvalue weighted by atomic mass is 10.1. The number of carbonyl (C=O) groups excluding carboxylic acids is 1. The van der Waals surface area contributed by atoms with Gasteiger partial charge < -0.3 is 19.1 Å². The first-order valence-electron chi connectivity index (χ1n) is 10.0. The van der Waals surface area contributed by atoms with Gasteiger partial charge in [-0.1, -0.05) is 17.3 Å². The van der Waals surface area contributed by atoms with Gasteiger partial charge in [0.1, 0.15) is 5.82 Å². The quantitative estimate of drug-likeness (QED) is 0.592. The van der Waals surface area contributed by atoms with E-state index < -0.39 is 0 Å². The zero-order valence-corrected chi connectivity index (χ0v) is 17.4. The summed E-state index contributed by atoms with van der Waals surface area (Å²) in [4.78, 5) is 29.3. The molecule has 0 bridgehead atoms. The van der Waals surface area contributed by atoms with Crippen LogP contribution in [0.15, 0.2) is 35.1 Å². The number of benzene rings is 1. The van der Waals surface area contributed by atoms with Crippen LogP contribution >= 0.6 is 0 Å². The summed E-state index contributed by atoms with van der Waals surface area (Å²) in [6.45, 7) is 4.20. The first-order chi connectivity index (χ1) is 15.0. The molecule has 1 amide bonds. The Labute approximate surface area is 178 Å². The number of halogens is 1. The van der Waals surface area contributed by atoms with E-state index in [1.54, 1.807) is 38.6 Å². The molecule has 0 unspecified atom stereocenters. The second-order valence-corrected chi connectivity index (χ2v) is 7.26.